The van der Waals surface area contributed by atoms with Gasteiger partial charge in [0.2, 0.25) is 0 Å². The minimum Gasteiger partial charge on any atom is -0.392 e. The third-order valence-corrected chi connectivity index (χ3v) is 2.02. The standard InChI is InChI=1S/C9H17NO/c1-3-11-9-6-4-5-8(7-9)10-2/h7,9-10H,3-6H2,1-2H3. The molecule has 0 bridgehead atoms. The van der Waals surface area contributed by atoms with Crippen molar-refractivity contribution in [2.45, 2.75) is 32.3 Å². The monoisotopic (exact) mass is 155 g/mol. The molecule has 2 heteroatoms. The molecule has 0 spiro atoms. The molecule has 0 aliphatic heterocycles. The summed E-state index contributed by atoms with van der Waals surface area (Å²) >= 11 is 0. The van der Waals surface area contributed by atoms with Gasteiger partial charge >= 0.3 is 0 Å². The average Bonchev–Trinajstić information content (AvgIpc) is 2.06. The van der Waals surface area contributed by atoms with E-state index in [1.165, 1.54) is 25.0 Å². The molecule has 1 rings (SSSR count). The molecule has 11 heavy (non-hydrogen) atoms. The lowest BCUT2D eigenvalue weighted by atomic mass is 10.0. The van der Waals surface area contributed by atoms with Crippen molar-refractivity contribution in [2.75, 3.05) is 13.7 Å². The maximum Gasteiger partial charge on any atom is 0.0775 e. The van der Waals surface area contributed by atoms with E-state index < -0.39 is 0 Å². The quantitative estimate of drug-likeness (QED) is 0.669. The van der Waals surface area contributed by atoms with E-state index in [-0.39, 0.29) is 0 Å². The van der Waals surface area contributed by atoms with Crippen LogP contribution in [0.4, 0.5) is 0 Å². The fraction of sp³-hybridized carbons (Fsp3) is 0.778. The molecule has 1 aliphatic carbocycles. The second-order valence-electron chi connectivity index (χ2n) is 2.83. The van der Waals surface area contributed by atoms with Gasteiger partial charge in [-0.15, -0.1) is 0 Å². The third kappa shape index (κ3) is 2.54. The van der Waals surface area contributed by atoms with Crippen molar-refractivity contribution >= 4 is 0 Å². The summed E-state index contributed by atoms with van der Waals surface area (Å²) in [6, 6.07) is 0. The largest absolute Gasteiger partial charge is 0.392 e. The highest BCUT2D eigenvalue weighted by molar-refractivity contribution is 5.06. The van der Waals surface area contributed by atoms with Gasteiger partial charge in [-0.05, 0) is 32.3 Å². The topological polar surface area (TPSA) is 21.3 Å². The molecule has 2 nitrogen and oxygen atoms in total. The molecular formula is C9H17NO. The molecule has 1 unspecified atom stereocenters. The summed E-state index contributed by atoms with van der Waals surface area (Å²) in [6.07, 6.45) is 6.17. The van der Waals surface area contributed by atoms with Crippen LogP contribution in [0.15, 0.2) is 11.8 Å². The normalized spacial score (nSPS) is 24.5. The second-order valence-corrected chi connectivity index (χ2v) is 2.83. The lowest BCUT2D eigenvalue weighted by Crippen LogP contribution is -2.19. The molecule has 0 fully saturated rings. The Morgan fingerprint density at radius 1 is 1.73 bits per heavy atom. The molecule has 1 N–H and O–H groups in total. The van der Waals surface area contributed by atoms with E-state index >= 15 is 0 Å². The highest BCUT2D eigenvalue weighted by Gasteiger charge is 2.11. The predicted octanol–water partition coefficient (Wildman–Crippen LogP) is 1.68. The summed E-state index contributed by atoms with van der Waals surface area (Å²) in [4.78, 5) is 0. The Hall–Kier alpha value is -0.500. The van der Waals surface area contributed by atoms with Crippen molar-refractivity contribution in [3.63, 3.8) is 0 Å². The van der Waals surface area contributed by atoms with Crippen LogP contribution < -0.4 is 5.32 Å². The SMILES string of the molecule is CCOC1C=C(NC)CCC1. The van der Waals surface area contributed by atoms with Crippen LogP contribution in [0.1, 0.15) is 26.2 Å². The summed E-state index contributed by atoms with van der Waals surface area (Å²) in [5, 5.41) is 3.17. The molecule has 0 radical (unpaired) electrons. The molecule has 0 aromatic carbocycles. The van der Waals surface area contributed by atoms with Crippen molar-refractivity contribution in [1.82, 2.24) is 5.32 Å². The lowest BCUT2D eigenvalue weighted by molar-refractivity contribution is 0.0842. The van der Waals surface area contributed by atoms with Crippen LogP contribution in [0.3, 0.4) is 0 Å². The molecule has 0 aromatic heterocycles. The summed E-state index contributed by atoms with van der Waals surface area (Å²) in [6.45, 7) is 2.86. The van der Waals surface area contributed by atoms with E-state index in [0.717, 1.165) is 6.61 Å². The Balaban J connectivity index is 2.41. The van der Waals surface area contributed by atoms with Crippen molar-refractivity contribution in [3.8, 4) is 0 Å². The Labute approximate surface area is 68.6 Å². The number of rotatable bonds is 3. The number of hydrogen-bond acceptors (Lipinski definition) is 2. The first-order valence-corrected chi connectivity index (χ1v) is 4.37. The smallest absolute Gasteiger partial charge is 0.0775 e. The minimum atomic E-state index is 0.358. The molecule has 1 aliphatic rings. The van der Waals surface area contributed by atoms with Crippen LogP contribution in [0, 0.1) is 0 Å². The number of nitrogens with one attached hydrogen (secondary N) is 1. The van der Waals surface area contributed by atoms with Crippen molar-refractivity contribution in [1.29, 1.82) is 0 Å². The average molecular weight is 155 g/mol. The van der Waals surface area contributed by atoms with Crippen LogP contribution in [0.2, 0.25) is 0 Å². The van der Waals surface area contributed by atoms with Gasteiger partial charge in [0.1, 0.15) is 0 Å². The Morgan fingerprint density at radius 3 is 3.18 bits per heavy atom. The molecule has 0 aromatic rings. The molecule has 0 saturated heterocycles. The zero-order chi connectivity index (χ0) is 8.10. The molecule has 0 amide bonds. The van der Waals surface area contributed by atoms with E-state index in [4.69, 9.17) is 4.74 Å². The first-order valence-electron chi connectivity index (χ1n) is 4.37. The number of allylic oxidation sites excluding steroid dienone is 1. The molecule has 64 valence electrons. The van der Waals surface area contributed by atoms with Gasteiger partial charge in [0.15, 0.2) is 0 Å². The van der Waals surface area contributed by atoms with Gasteiger partial charge in [0, 0.05) is 19.4 Å². The molecular weight excluding hydrogens is 138 g/mol. The molecule has 0 saturated carbocycles. The van der Waals surface area contributed by atoms with Gasteiger partial charge in [0.25, 0.3) is 0 Å². The molecule has 1 atom stereocenters. The fourth-order valence-corrected chi connectivity index (χ4v) is 1.44. The Kier molecular flexibility index (Phi) is 3.43. The first kappa shape index (κ1) is 8.60. The second kappa shape index (κ2) is 4.39. The lowest BCUT2D eigenvalue weighted by Gasteiger charge is -2.20. The van der Waals surface area contributed by atoms with E-state index in [1.807, 2.05) is 14.0 Å². The summed E-state index contributed by atoms with van der Waals surface area (Å²) in [7, 11) is 1.97. The van der Waals surface area contributed by atoms with Crippen LogP contribution in [0.5, 0.6) is 0 Å². The minimum absolute atomic E-state index is 0.358. The summed E-state index contributed by atoms with van der Waals surface area (Å²) in [5.74, 6) is 0. The van der Waals surface area contributed by atoms with Crippen molar-refractivity contribution < 1.29 is 4.74 Å². The summed E-state index contributed by atoms with van der Waals surface area (Å²) < 4.78 is 5.50. The highest BCUT2D eigenvalue weighted by atomic mass is 16.5. The number of ether oxygens (including phenoxy) is 1. The van der Waals surface area contributed by atoms with Crippen LogP contribution in [-0.2, 0) is 4.74 Å². The maximum absolute atomic E-state index is 5.50. The van der Waals surface area contributed by atoms with Gasteiger partial charge < -0.3 is 10.1 Å². The fourth-order valence-electron chi connectivity index (χ4n) is 1.44. The van der Waals surface area contributed by atoms with Crippen LogP contribution >= 0.6 is 0 Å². The molecule has 0 heterocycles. The van der Waals surface area contributed by atoms with Gasteiger partial charge in [0.05, 0.1) is 6.10 Å². The van der Waals surface area contributed by atoms with Gasteiger partial charge in [-0.2, -0.15) is 0 Å². The maximum atomic E-state index is 5.50. The summed E-state index contributed by atoms with van der Waals surface area (Å²) in [5.41, 5.74) is 1.33. The van der Waals surface area contributed by atoms with Gasteiger partial charge in [-0.1, -0.05) is 0 Å². The van der Waals surface area contributed by atoms with Crippen LogP contribution in [0.25, 0.3) is 0 Å². The van der Waals surface area contributed by atoms with Gasteiger partial charge in [-0.3, -0.25) is 0 Å². The Bertz CT molecular complexity index is 142. The van der Waals surface area contributed by atoms with Gasteiger partial charge in [-0.25, -0.2) is 0 Å². The zero-order valence-corrected chi connectivity index (χ0v) is 7.39. The van der Waals surface area contributed by atoms with E-state index in [9.17, 15) is 0 Å². The van der Waals surface area contributed by atoms with Crippen LogP contribution in [-0.4, -0.2) is 19.8 Å². The van der Waals surface area contributed by atoms with E-state index in [0.29, 0.717) is 6.10 Å². The van der Waals surface area contributed by atoms with E-state index in [1.54, 1.807) is 0 Å². The van der Waals surface area contributed by atoms with Crippen molar-refractivity contribution in [3.05, 3.63) is 11.8 Å². The van der Waals surface area contributed by atoms with E-state index in [2.05, 4.69) is 11.4 Å². The zero-order valence-electron chi connectivity index (χ0n) is 7.39. The third-order valence-electron chi connectivity index (χ3n) is 2.02. The predicted molar refractivity (Wildman–Crippen MR) is 46.4 cm³/mol. The first-order chi connectivity index (χ1) is 5.36. The Morgan fingerprint density at radius 2 is 2.55 bits per heavy atom. The number of hydrogen-bond donors (Lipinski definition) is 1. The van der Waals surface area contributed by atoms with Crippen molar-refractivity contribution in [2.24, 2.45) is 0 Å². The highest BCUT2D eigenvalue weighted by Crippen LogP contribution is 2.17.